The molecule has 0 saturated heterocycles. The molecule has 0 bridgehead atoms. The van der Waals surface area contributed by atoms with E-state index in [-0.39, 0.29) is 17.7 Å². The molecule has 0 heterocycles. The Hall–Kier alpha value is -2.97. The zero-order chi connectivity index (χ0) is 19.7. The first kappa shape index (κ1) is 18.8. The van der Waals surface area contributed by atoms with E-state index in [1.165, 1.54) is 12.1 Å². The van der Waals surface area contributed by atoms with Crippen LogP contribution in [0.4, 0.5) is 22.0 Å². The lowest BCUT2D eigenvalue weighted by Gasteiger charge is -2.18. The number of hydrogen-bond donors (Lipinski definition) is 1. The second kappa shape index (κ2) is 7.34. The van der Waals surface area contributed by atoms with Crippen LogP contribution in [-0.2, 0) is 9.53 Å². The second-order valence-electron chi connectivity index (χ2n) is 5.97. The van der Waals surface area contributed by atoms with E-state index < -0.39 is 52.6 Å². The van der Waals surface area contributed by atoms with Gasteiger partial charge in [0.1, 0.15) is 11.4 Å². The van der Waals surface area contributed by atoms with Crippen molar-refractivity contribution < 1.29 is 36.3 Å². The Bertz CT molecular complexity index is 897. The molecule has 1 unspecified atom stereocenters. The molecule has 142 valence electrons. The number of carbonyl (C=O) groups is 2. The van der Waals surface area contributed by atoms with Crippen LogP contribution in [-0.4, -0.2) is 17.9 Å². The minimum Gasteiger partial charge on any atom is -0.444 e. The molecule has 1 aliphatic carbocycles. The summed E-state index contributed by atoms with van der Waals surface area (Å²) in [6, 6.07) is 4.38. The van der Waals surface area contributed by atoms with E-state index in [2.05, 4.69) is 5.32 Å². The van der Waals surface area contributed by atoms with Gasteiger partial charge in [-0.3, -0.25) is 4.79 Å². The number of nitrogens with one attached hydrogen (secondary N) is 1. The maximum absolute atomic E-state index is 13.8. The third-order valence-electron chi connectivity index (χ3n) is 3.88. The molecule has 0 aliphatic heterocycles. The van der Waals surface area contributed by atoms with Gasteiger partial charge in [-0.05, 0) is 31.0 Å². The Labute approximate surface area is 149 Å². The Kier molecular flexibility index (Phi) is 5.11. The molecule has 1 saturated carbocycles. The highest BCUT2D eigenvalue weighted by molar-refractivity contribution is 5.93. The number of benzene rings is 2. The van der Waals surface area contributed by atoms with Crippen LogP contribution in [0, 0.1) is 29.1 Å². The number of rotatable bonds is 5. The molecule has 0 radical (unpaired) electrons. The number of hydrogen-bond acceptors (Lipinski definition) is 3. The van der Waals surface area contributed by atoms with Crippen molar-refractivity contribution in [2.45, 2.75) is 25.0 Å². The quantitative estimate of drug-likeness (QED) is 0.371. The average Bonchev–Trinajstić information content (AvgIpc) is 3.45. The van der Waals surface area contributed by atoms with Gasteiger partial charge >= 0.3 is 5.97 Å². The van der Waals surface area contributed by atoms with Gasteiger partial charge in [0.05, 0.1) is 0 Å². The molecule has 2 aromatic carbocycles. The Balaban J connectivity index is 1.90. The second-order valence-corrected chi connectivity index (χ2v) is 5.97. The summed E-state index contributed by atoms with van der Waals surface area (Å²) in [7, 11) is 0. The number of amides is 1. The van der Waals surface area contributed by atoms with Gasteiger partial charge in [-0.1, -0.05) is 12.1 Å². The van der Waals surface area contributed by atoms with E-state index >= 15 is 0 Å². The fourth-order valence-electron chi connectivity index (χ4n) is 2.31. The molecule has 1 atom stereocenters. The smallest absolute Gasteiger partial charge is 0.342 e. The summed E-state index contributed by atoms with van der Waals surface area (Å²) in [5.74, 6) is -10.9. The summed E-state index contributed by atoms with van der Waals surface area (Å²) in [6.45, 7) is 0. The molecule has 1 aliphatic rings. The standard InChI is InChI=1S/C18H12F5NO3/c19-9-3-1-8(2-4-9)16(17(25)24-10-5-6-10)27-18(26)11-7-12(20)14(22)15(23)13(11)21/h1-4,7,10,16H,5-6H2,(H,24,25). The van der Waals surface area contributed by atoms with E-state index in [4.69, 9.17) is 4.74 Å². The van der Waals surface area contributed by atoms with Crippen molar-refractivity contribution in [2.24, 2.45) is 0 Å². The molecule has 2 aromatic rings. The van der Waals surface area contributed by atoms with Gasteiger partial charge in [0.25, 0.3) is 5.91 Å². The van der Waals surface area contributed by atoms with Crippen LogP contribution in [0.25, 0.3) is 0 Å². The van der Waals surface area contributed by atoms with Crippen molar-refractivity contribution >= 4 is 11.9 Å². The highest BCUT2D eigenvalue weighted by Gasteiger charge is 2.33. The number of halogens is 5. The number of esters is 1. The fraction of sp³-hybridized carbons (Fsp3) is 0.222. The van der Waals surface area contributed by atoms with E-state index in [0.717, 1.165) is 25.0 Å². The maximum atomic E-state index is 13.8. The lowest BCUT2D eigenvalue weighted by molar-refractivity contribution is -0.130. The summed E-state index contributed by atoms with van der Waals surface area (Å²) < 4.78 is 71.5. The molecule has 3 rings (SSSR count). The largest absolute Gasteiger partial charge is 0.444 e. The summed E-state index contributed by atoms with van der Waals surface area (Å²) in [4.78, 5) is 24.5. The van der Waals surface area contributed by atoms with Gasteiger partial charge in [0.2, 0.25) is 6.10 Å². The predicted octanol–water partition coefficient (Wildman–Crippen LogP) is 3.56. The van der Waals surface area contributed by atoms with Crippen molar-refractivity contribution in [1.29, 1.82) is 0 Å². The summed E-state index contributed by atoms with van der Waals surface area (Å²) >= 11 is 0. The molecule has 0 aromatic heterocycles. The highest BCUT2D eigenvalue weighted by atomic mass is 19.2. The van der Waals surface area contributed by atoms with Crippen molar-refractivity contribution in [3.63, 3.8) is 0 Å². The van der Waals surface area contributed by atoms with Crippen molar-refractivity contribution in [3.8, 4) is 0 Å². The molecule has 0 spiro atoms. The average molecular weight is 385 g/mol. The van der Waals surface area contributed by atoms with Crippen LogP contribution < -0.4 is 5.32 Å². The third kappa shape index (κ3) is 4.07. The normalized spacial score (nSPS) is 14.6. The van der Waals surface area contributed by atoms with Gasteiger partial charge in [0.15, 0.2) is 23.3 Å². The molecule has 1 fully saturated rings. The van der Waals surface area contributed by atoms with Gasteiger partial charge in [-0.2, -0.15) is 0 Å². The Morgan fingerprint density at radius 2 is 1.59 bits per heavy atom. The Morgan fingerprint density at radius 1 is 0.963 bits per heavy atom. The van der Waals surface area contributed by atoms with Gasteiger partial charge in [-0.25, -0.2) is 26.7 Å². The molecular weight excluding hydrogens is 373 g/mol. The van der Waals surface area contributed by atoms with Gasteiger partial charge < -0.3 is 10.1 Å². The van der Waals surface area contributed by atoms with E-state index in [0.29, 0.717) is 0 Å². The van der Waals surface area contributed by atoms with Crippen LogP contribution in [0.1, 0.15) is 34.9 Å². The summed E-state index contributed by atoms with van der Waals surface area (Å²) in [5, 5.41) is 2.56. The third-order valence-corrected chi connectivity index (χ3v) is 3.88. The van der Waals surface area contributed by atoms with E-state index in [1.54, 1.807) is 0 Å². The number of carbonyl (C=O) groups excluding carboxylic acids is 2. The lowest BCUT2D eigenvalue weighted by atomic mass is 10.1. The minimum absolute atomic E-state index is 0.0614. The van der Waals surface area contributed by atoms with Crippen LogP contribution in [0.5, 0.6) is 0 Å². The molecular formula is C18H12F5NO3. The lowest BCUT2D eigenvalue weighted by Crippen LogP contribution is -2.33. The van der Waals surface area contributed by atoms with E-state index in [9.17, 15) is 31.5 Å². The zero-order valence-corrected chi connectivity index (χ0v) is 13.6. The van der Waals surface area contributed by atoms with Crippen LogP contribution in [0.2, 0.25) is 0 Å². The van der Waals surface area contributed by atoms with Crippen molar-refractivity contribution in [2.75, 3.05) is 0 Å². The van der Waals surface area contributed by atoms with E-state index in [1.807, 2.05) is 0 Å². The molecule has 27 heavy (non-hydrogen) atoms. The zero-order valence-electron chi connectivity index (χ0n) is 13.6. The van der Waals surface area contributed by atoms with Gasteiger partial charge in [0, 0.05) is 11.6 Å². The topological polar surface area (TPSA) is 55.4 Å². The monoisotopic (exact) mass is 385 g/mol. The van der Waals surface area contributed by atoms with Crippen LogP contribution in [0.3, 0.4) is 0 Å². The molecule has 9 heteroatoms. The summed E-state index contributed by atoms with van der Waals surface area (Å²) in [5.41, 5.74) is -1.15. The summed E-state index contributed by atoms with van der Waals surface area (Å²) in [6.07, 6.45) is -0.174. The maximum Gasteiger partial charge on any atom is 0.342 e. The highest BCUT2D eigenvalue weighted by Crippen LogP contribution is 2.26. The van der Waals surface area contributed by atoms with Crippen LogP contribution in [0.15, 0.2) is 30.3 Å². The minimum atomic E-state index is -2.18. The van der Waals surface area contributed by atoms with Crippen LogP contribution >= 0.6 is 0 Å². The molecule has 1 amide bonds. The molecule has 1 N–H and O–H groups in total. The first-order valence-electron chi connectivity index (χ1n) is 7.87. The van der Waals surface area contributed by atoms with Crippen molar-refractivity contribution in [1.82, 2.24) is 5.32 Å². The fourth-order valence-corrected chi connectivity index (χ4v) is 2.31. The first-order chi connectivity index (χ1) is 12.8. The van der Waals surface area contributed by atoms with Gasteiger partial charge in [-0.15, -0.1) is 0 Å². The number of ether oxygens (including phenoxy) is 1. The first-order valence-corrected chi connectivity index (χ1v) is 7.87. The SMILES string of the molecule is O=C(OC(C(=O)NC1CC1)c1ccc(F)cc1)c1cc(F)c(F)c(F)c1F. The Morgan fingerprint density at radius 3 is 2.19 bits per heavy atom. The predicted molar refractivity (Wildman–Crippen MR) is 82.0 cm³/mol. The molecule has 4 nitrogen and oxygen atoms in total. The van der Waals surface area contributed by atoms with Crippen molar-refractivity contribution in [3.05, 3.63) is 70.5 Å².